The van der Waals surface area contributed by atoms with Gasteiger partial charge in [-0.2, -0.15) is 0 Å². The molecule has 1 heterocycles. The van der Waals surface area contributed by atoms with Crippen LogP contribution in [0.4, 0.5) is 0 Å². The van der Waals surface area contributed by atoms with E-state index in [1.54, 1.807) is 0 Å². The molecule has 0 amide bonds. The summed E-state index contributed by atoms with van der Waals surface area (Å²) in [6.07, 6.45) is 3.88. The van der Waals surface area contributed by atoms with Gasteiger partial charge in [-0.25, -0.2) is 0 Å². The predicted molar refractivity (Wildman–Crippen MR) is 65.4 cm³/mol. The SMILES string of the molecule is Cc1ccccc1CC[Si]1CCCCO1. The molecule has 0 N–H and O–H groups in total. The average Bonchev–Trinajstić information content (AvgIpc) is 2.29. The fourth-order valence-electron chi connectivity index (χ4n) is 2.07. The maximum atomic E-state index is 5.84. The summed E-state index contributed by atoms with van der Waals surface area (Å²) < 4.78 is 5.84. The first kappa shape index (κ1) is 10.9. The summed E-state index contributed by atoms with van der Waals surface area (Å²) in [7, 11) is -0.462. The molecule has 1 aliphatic rings. The molecular weight excluding hydrogens is 200 g/mol. The Hall–Kier alpha value is -0.603. The van der Waals surface area contributed by atoms with Crippen LogP contribution >= 0.6 is 0 Å². The van der Waals surface area contributed by atoms with Crippen LogP contribution in [-0.2, 0) is 10.8 Å². The van der Waals surface area contributed by atoms with Gasteiger partial charge in [-0.1, -0.05) is 30.7 Å². The third-order valence-electron chi connectivity index (χ3n) is 3.09. The Labute approximate surface area is 94.2 Å². The molecule has 1 aromatic rings. The highest BCUT2D eigenvalue weighted by Crippen LogP contribution is 2.17. The second-order valence-electron chi connectivity index (χ2n) is 4.27. The average molecular weight is 219 g/mol. The molecule has 81 valence electrons. The van der Waals surface area contributed by atoms with Crippen LogP contribution in [0, 0.1) is 6.92 Å². The number of rotatable bonds is 3. The van der Waals surface area contributed by atoms with Gasteiger partial charge in [0, 0.05) is 6.61 Å². The van der Waals surface area contributed by atoms with E-state index < -0.39 is 9.04 Å². The molecule has 0 saturated carbocycles. The molecule has 15 heavy (non-hydrogen) atoms. The molecule has 2 heteroatoms. The highest BCUT2D eigenvalue weighted by molar-refractivity contribution is 6.52. The number of hydrogen-bond donors (Lipinski definition) is 0. The molecule has 0 bridgehead atoms. The van der Waals surface area contributed by atoms with E-state index in [0.717, 1.165) is 6.61 Å². The van der Waals surface area contributed by atoms with Gasteiger partial charge in [0.25, 0.3) is 0 Å². The minimum atomic E-state index is -0.462. The monoisotopic (exact) mass is 219 g/mol. The zero-order valence-electron chi connectivity index (χ0n) is 9.46. The smallest absolute Gasteiger partial charge is 0.211 e. The molecule has 1 aliphatic heterocycles. The largest absolute Gasteiger partial charge is 0.417 e. The summed E-state index contributed by atoms with van der Waals surface area (Å²) >= 11 is 0. The number of hydrogen-bond acceptors (Lipinski definition) is 1. The van der Waals surface area contributed by atoms with Crippen molar-refractivity contribution in [2.75, 3.05) is 6.61 Å². The van der Waals surface area contributed by atoms with Crippen molar-refractivity contribution in [3.8, 4) is 0 Å². The van der Waals surface area contributed by atoms with Crippen LogP contribution < -0.4 is 0 Å². The summed E-state index contributed by atoms with van der Waals surface area (Å²) in [6.45, 7) is 3.22. The Kier molecular flexibility index (Phi) is 3.98. The van der Waals surface area contributed by atoms with Crippen LogP contribution in [0.5, 0.6) is 0 Å². The molecule has 0 spiro atoms. The molecule has 1 fully saturated rings. The van der Waals surface area contributed by atoms with Gasteiger partial charge in [0.1, 0.15) is 0 Å². The summed E-state index contributed by atoms with van der Waals surface area (Å²) in [4.78, 5) is 0. The Morgan fingerprint density at radius 2 is 2.13 bits per heavy atom. The van der Waals surface area contributed by atoms with E-state index in [9.17, 15) is 0 Å². The molecule has 2 rings (SSSR count). The maximum Gasteiger partial charge on any atom is 0.211 e. The highest BCUT2D eigenvalue weighted by Gasteiger charge is 2.16. The fraction of sp³-hybridized carbons (Fsp3) is 0.538. The van der Waals surface area contributed by atoms with Crippen LogP contribution in [0.3, 0.4) is 0 Å². The maximum absolute atomic E-state index is 5.84. The van der Waals surface area contributed by atoms with E-state index in [1.807, 2.05) is 0 Å². The minimum Gasteiger partial charge on any atom is -0.417 e. The van der Waals surface area contributed by atoms with Gasteiger partial charge in [-0.15, -0.1) is 0 Å². The van der Waals surface area contributed by atoms with Gasteiger partial charge in [0.2, 0.25) is 9.04 Å². The number of aryl methyl sites for hydroxylation is 2. The molecule has 0 aromatic heterocycles. The molecule has 0 atom stereocenters. The van der Waals surface area contributed by atoms with Crippen molar-refractivity contribution in [1.29, 1.82) is 0 Å². The Balaban J connectivity index is 1.84. The summed E-state index contributed by atoms with van der Waals surface area (Å²) in [5.41, 5.74) is 2.93. The van der Waals surface area contributed by atoms with Crippen LogP contribution in [0.1, 0.15) is 24.0 Å². The van der Waals surface area contributed by atoms with Gasteiger partial charge >= 0.3 is 0 Å². The lowest BCUT2D eigenvalue weighted by Gasteiger charge is -2.20. The second-order valence-corrected chi connectivity index (χ2v) is 6.64. The summed E-state index contributed by atoms with van der Waals surface area (Å²) in [6, 6.07) is 11.4. The predicted octanol–water partition coefficient (Wildman–Crippen LogP) is 3.34. The third-order valence-corrected chi connectivity index (χ3v) is 5.42. The van der Waals surface area contributed by atoms with Gasteiger partial charge in [-0.3, -0.25) is 0 Å². The van der Waals surface area contributed by atoms with E-state index in [-0.39, 0.29) is 0 Å². The first-order chi connectivity index (χ1) is 7.36. The van der Waals surface area contributed by atoms with Crippen molar-refractivity contribution in [1.82, 2.24) is 0 Å². The van der Waals surface area contributed by atoms with Crippen molar-refractivity contribution in [2.45, 2.75) is 38.3 Å². The van der Waals surface area contributed by atoms with Crippen molar-refractivity contribution < 1.29 is 4.43 Å². The third kappa shape index (κ3) is 3.18. The van der Waals surface area contributed by atoms with E-state index in [2.05, 4.69) is 31.2 Å². The molecule has 1 radical (unpaired) electrons. The zero-order valence-corrected chi connectivity index (χ0v) is 10.5. The summed E-state index contributed by atoms with van der Waals surface area (Å²) in [5.74, 6) is 0. The van der Waals surface area contributed by atoms with Crippen molar-refractivity contribution in [3.63, 3.8) is 0 Å². The molecule has 1 nitrogen and oxygen atoms in total. The molecular formula is C13H19OSi. The van der Waals surface area contributed by atoms with Crippen molar-refractivity contribution in [2.24, 2.45) is 0 Å². The van der Waals surface area contributed by atoms with E-state index in [1.165, 1.54) is 42.5 Å². The Morgan fingerprint density at radius 3 is 2.87 bits per heavy atom. The van der Waals surface area contributed by atoms with Gasteiger partial charge in [-0.05, 0) is 43.0 Å². The van der Waals surface area contributed by atoms with Crippen LogP contribution in [0.25, 0.3) is 0 Å². The van der Waals surface area contributed by atoms with E-state index in [0.29, 0.717) is 0 Å². The fourth-order valence-corrected chi connectivity index (χ4v) is 4.24. The molecule has 1 saturated heterocycles. The zero-order chi connectivity index (χ0) is 10.5. The lowest BCUT2D eigenvalue weighted by Crippen LogP contribution is -2.23. The van der Waals surface area contributed by atoms with Crippen LogP contribution in [0.2, 0.25) is 12.1 Å². The van der Waals surface area contributed by atoms with E-state index in [4.69, 9.17) is 4.43 Å². The topological polar surface area (TPSA) is 9.23 Å². The molecule has 0 unspecified atom stereocenters. The first-order valence-corrected chi connectivity index (χ1v) is 7.70. The van der Waals surface area contributed by atoms with Crippen LogP contribution in [0.15, 0.2) is 24.3 Å². The molecule has 0 aliphatic carbocycles. The first-order valence-electron chi connectivity index (χ1n) is 5.88. The lowest BCUT2D eigenvalue weighted by atomic mass is 10.1. The minimum absolute atomic E-state index is 0.462. The van der Waals surface area contributed by atoms with Gasteiger partial charge in [0.15, 0.2) is 0 Å². The van der Waals surface area contributed by atoms with E-state index >= 15 is 0 Å². The quantitative estimate of drug-likeness (QED) is 0.709. The van der Waals surface area contributed by atoms with Crippen molar-refractivity contribution in [3.05, 3.63) is 35.4 Å². The van der Waals surface area contributed by atoms with Crippen molar-refractivity contribution >= 4 is 9.04 Å². The van der Waals surface area contributed by atoms with Gasteiger partial charge < -0.3 is 4.43 Å². The second kappa shape index (κ2) is 5.47. The Morgan fingerprint density at radius 1 is 1.27 bits per heavy atom. The lowest BCUT2D eigenvalue weighted by molar-refractivity contribution is 0.286. The molecule has 1 aromatic carbocycles. The van der Waals surface area contributed by atoms with Crippen LogP contribution in [-0.4, -0.2) is 15.6 Å². The Bertz CT molecular complexity index is 305. The normalized spacial score (nSPS) is 17.9. The number of benzene rings is 1. The summed E-state index contributed by atoms with van der Waals surface area (Å²) in [5, 5.41) is 0. The van der Waals surface area contributed by atoms with Gasteiger partial charge in [0.05, 0.1) is 0 Å². The highest BCUT2D eigenvalue weighted by atomic mass is 28.3. The standard InChI is InChI=1S/C13H19OSi/c1-12-6-2-3-7-13(12)8-11-15-10-5-4-9-14-15/h2-3,6-7H,4-5,8-11H2,1H3.